The number of nitrogens with one attached hydrogen (secondary N) is 1. The van der Waals surface area contributed by atoms with E-state index >= 15 is 0 Å². The van der Waals surface area contributed by atoms with Crippen LogP contribution in [0.15, 0.2) is 12.1 Å². The highest BCUT2D eigenvalue weighted by molar-refractivity contribution is 6.32. The fraction of sp³-hybridized carbons (Fsp3) is 0.182. The predicted molar refractivity (Wildman–Crippen MR) is 64.3 cm³/mol. The van der Waals surface area contributed by atoms with E-state index in [9.17, 15) is 0 Å². The average molecular weight is 252 g/mol. The summed E-state index contributed by atoms with van der Waals surface area (Å²) in [7, 11) is 0. The highest BCUT2D eigenvalue weighted by Crippen LogP contribution is 2.39. The molecule has 3 N–H and O–H groups in total. The predicted octanol–water partition coefficient (Wildman–Crippen LogP) is 2.35. The van der Waals surface area contributed by atoms with Gasteiger partial charge in [-0.15, -0.1) is 0 Å². The molecule has 0 aliphatic carbocycles. The topological polar surface area (TPSA) is 73.2 Å². The Morgan fingerprint density at radius 2 is 2.06 bits per heavy atom. The Morgan fingerprint density at radius 1 is 1.35 bits per heavy atom. The second kappa shape index (κ2) is 3.56. The number of nitrogen functional groups attached to an aromatic ring is 1. The second-order valence-corrected chi connectivity index (χ2v) is 4.18. The summed E-state index contributed by atoms with van der Waals surface area (Å²) in [4.78, 5) is 6.92. The summed E-state index contributed by atoms with van der Waals surface area (Å²) < 4.78 is 10.6. The summed E-state index contributed by atoms with van der Waals surface area (Å²) in [6.07, 6.45) is 0. The molecule has 1 aliphatic heterocycles. The SMILES string of the molecule is Cc1cc2c(cc1-c1nc(N)[nH]c1Cl)OCO2. The molecule has 3 rings (SSSR count). The van der Waals surface area contributed by atoms with Crippen molar-refractivity contribution in [1.82, 2.24) is 9.97 Å². The Kier molecular flexibility index (Phi) is 2.16. The molecule has 1 aromatic carbocycles. The highest BCUT2D eigenvalue weighted by atomic mass is 35.5. The first-order chi connectivity index (χ1) is 8.15. The molecule has 0 saturated heterocycles. The Bertz CT molecular complexity index is 595. The third kappa shape index (κ3) is 1.59. The van der Waals surface area contributed by atoms with Crippen LogP contribution in [0.5, 0.6) is 11.5 Å². The molecule has 2 aromatic rings. The summed E-state index contributed by atoms with van der Waals surface area (Å²) in [5.41, 5.74) is 8.08. The van der Waals surface area contributed by atoms with Crippen LogP contribution in [-0.2, 0) is 0 Å². The number of aromatic amines is 1. The zero-order valence-electron chi connectivity index (χ0n) is 9.08. The van der Waals surface area contributed by atoms with Crippen molar-refractivity contribution in [2.75, 3.05) is 12.5 Å². The lowest BCUT2D eigenvalue weighted by atomic mass is 10.1. The Balaban J connectivity index is 2.18. The summed E-state index contributed by atoms with van der Waals surface area (Å²) in [6, 6.07) is 3.76. The van der Waals surface area contributed by atoms with Gasteiger partial charge >= 0.3 is 0 Å². The lowest BCUT2D eigenvalue weighted by Crippen LogP contribution is -1.92. The standard InChI is InChI=1S/C11H10ClN3O2/c1-5-2-7-8(17-4-16-7)3-6(5)9-10(12)15-11(13)14-9/h2-3H,4H2,1H3,(H3,13,14,15). The van der Waals surface area contributed by atoms with Crippen LogP contribution in [0.4, 0.5) is 5.95 Å². The van der Waals surface area contributed by atoms with Gasteiger partial charge in [-0.2, -0.15) is 0 Å². The van der Waals surface area contributed by atoms with Crippen LogP contribution in [0.1, 0.15) is 5.56 Å². The third-order valence-electron chi connectivity index (χ3n) is 2.65. The van der Waals surface area contributed by atoms with Crippen molar-refractivity contribution in [1.29, 1.82) is 0 Å². The number of fused-ring (bicyclic) bond motifs is 1. The van der Waals surface area contributed by atoms with E-state index in [0.29, 0.717) is 22.5 Å². The van der Waals surface area contributed by atoms with Gasteiger partial charge in [-0.05, 0) is 24.6 Å². The number of H-pyrrole nitrogens is 1. The molecule has 1 aliphatic rings. The first-order valence-corrected chi connectivity index (χ1v) is 5.44. The van der Waals surface area contributed by atoms with Crippen molar-refractivity contribution in [2.24, 2.45) is 0 Å². The number of rotatable bonds is 1. The number of halogens is 1. The smallest absolute Gasteiger partial charge is 0.231 e. The number of hydrogen-bond acceptors (Lipinski definition) is 4. The number of nitrogens with two attached hydrogens (primary N) is 1. The number of hydrogen-bond donors (Lipinski definition) is 2. The Labute approximate surface area is 103 Å². The number of anilines is 1. The van der Waals surface area contributed by atoms with Crippen molar-refractivity contribution in [3.05, 3.63) is 22.8 Å². The molecule has 0 radical (unpaired) electrons. The number of imidazole rings is 1. The molecule has 5 nitrogen and oxygen atoms in total. The van der Waals surface area contributed by atoms with Gasteiger partial charge in [0.05, 0.1) is 0 Å². The second-order valence-electron chi connectivity index (χ2n) is 3.81. The molecule has 17 heavy (non-hydrogen) atoms. The molecule has 1 aromatic heterocycles. The third-order valence-corrected chi connectivity index (χ3v) is 2.93. The lowest BCUT2D eigenvalue weighted by Gasteiger charge is -2.05. The van der Waals surface area contributed by atoms with Gasteiger partial charge < -0.3 is 20.2 Å². The molecule has 0 bridgehead atoms. The van der Waals surface area contributed by atoms with Crippen LogP contribution >= 0.6 is 11.6 Å². The zero-order valence-corrected chi connectivity index (χ0v) is 9.84. The summed E-state index contributed by atoms with van der Waals surface area (Å²) >= 11 is 6.03. The fourth-order valence-electron chi connectivity index (χ4n) is 1.85. The van der Waals surface area contributed by atoms with Gasteiger partial charge in [-0.25, -0.2) is 4.98 Å². The minimum atomic E-state index is 0.245. The molecular formula is C11H10ClN3O2. The number of aromatic nitrogens is 2. The van der Waals surface area contributed by atoms with Crippen LogP contribution in [-0.4, -0.2) is 16.8 Å². The number of nitrogens with zero attached hydrogens (tertiary/aromatic N) is 1. The van der Waals surface area contributed by atoms with E-state index in [1.54, 1.807) is 0 Å². The van der Waals surface area contributed by atoms with Crippen LogP contribution in [0.25, 0.3) is 11.3 Å². The number of benzene rings is 1. The largest absolute Gasteiger partial charge is 0.454 e. The van der Waals surface area contributed by atoms with Crippen molar-refractivity contribution < 1.29 is 9.47 Å². The van der Waals surface area contributed by atoms with E-state index in [0.717, 1.165) is 16.9 Å². The van der Waals surface area contributed by atoms with E-state index in [2.05, 4.69) is 9.97 Å². The van der Waals surface area contributed by atoms with Gasteiger partial charge in [0.1, 0.15) is 10.8 Å². The molecular weight excluding hydrogens is 242 g/mol. The number of aryl methyl sites for hydroxylation is 1. The highest BCUT2D eigenvalue weighted by Gasteiger charge is 2.19. The molecule has 6 heteroatoms. The maximum Gasteiger partial charge on any atom is 0.231 e. The van der Waals surface area contributed by atoms with Gasteiger partial charge in [0.15, 0.2) is 17.4 Å². The van der Waals surface area contributed by atoms with E-state index < -0.39 is 0 Å². The van der Waals surface area contributed by atoms with Gasteiger partial charge in [0.25, 0.3) is 0 Å². The molecule has 88 valence electrons. The summed E-state index contributed by atoms with van der Waals surface area (Å²) in [5, 5.41) is 0.421. The van der Waals surface area contributed by atoms with Gasteiger partial charge in [-0.1, -0.05) is 11.6 Å². The lowest BCUT2D eigenvalue weighted by molar-refractivity contribution is 0.174. The van der Waals surface area contributed by atoms with Crippen LogP contribution in [0.2, 0.25) is 5.15 Å². The zero-order chi connectivity index (χ0) is 12.0. The van der Waals surface area contributed by atoms with Crippen molar-refractivity contribution in [3.63, 3.8) is 0 Å². The maximum absolute atomic E-state index is 6.03. The van der Waals surface area contributed by atoms with Gasteiger partial charge in [0.2, 0.25) is 6.79 Å². The van der Waals surface area contributed by atoms with Crippen molar-refractivity contribution in [3.8, 4) is 22.8 Å². The van der Waals surface area contributed by atoms with Crippen molar-refractivity contribution >= 4 is 17.5 Å². The molecule has 0 amide bonds. The van der Waals surface area contributed by atoms with E-state index in [1.807, 2.05) is 19.1 Å². The number of ether oxygens (including phenoxy) is 2. The molecule has 0 unspecified atom stereocenters. The molecule has 0 atom stereocenters. The van der Waals surface area contributed by atoms with E-state index in [4.69, 9.17) is 26.8 Å². The monoisotopic (exact) mass is 251 g/mol. The fourth-order valence-corrected chi connectivity index (χ4v) is 2.09. The van der Waals surface area contributed by atoms with Gasteiger partial charge in [-0.3, -0.25) is 0 Å². The van der Waals surface area contributed by atoms with E-state index in [-0.39, 0.29) is 6.79 Å². The van der Waals surface area contributed by atoms with Crippen LogP contribution in [0, 0.1) is 6.92 Å². The van der Waals surface area contributed by atoms with Crippen molar-refractivity contribution in [2.45, 2.75) is 6.92 Å². The van der Waals surface area contributed by atoms with E-state index in [1.165, 1.54) is 0 Å². The quantitative estimate of drug-likeness (QED) is 0.816. The first kappa shape index (κ1) is 10.3. The first-order valence-electron chi connectivity index (χ1n) is 5.07. The van der Waals surface area contributed by atoms with Gasteiger partial charge in [0, 0.05) is 5.56 Å². The molecule has 2 heterocycles. The maximum atomic E-state index is 6.03. The molecule has 0 fully saturated rings. The average Bonchev–Trinajstić information content (AvgIpc) is 2.83. The Hall–Kier alpha value is -1.88. The normalized spacial score (nSPS) is 13.1. The molecule has 0 saturated carbocycles. The minimum absolute atomic E-state index is 0.245. The minimum Gasteiger partial charge on any atom is -0.454 e. The summed E-state index contributed by atoms with van der Waals surface area (Å²) in [6.45, 7) is 2.20. The Morgan fingerprint density at radius 3 is 2.71 bits per heavy atom. The summed E-state index contributed by atoms with van der Waals surface area (Å²) in [5.74, 6) is 1.73. The molecule has 0 spiro atoms. The van der Waals surface area contributed by atoms with Crippen LogP contribution in [0.3, 0.4) is 0 Å². The van der Waals surface area contributed by atoms with Crippen LogP contribution < -0.4 is 15.2 Å².